The molecule has 4 aromatic rings. The van der Waals surface area contributed by atoms with Crippen molar-refractivity contribution in [3.8, 4) is 11.1 Å². The van der Waals surface area contributed by atoms with Gasteiger partial charge in [-0.2, -0.15) is 0 Å². The molecule has 170 valence electrons. The number of para-hydroxylation sites is 1. The number of pyridine rings is 1. The van der Waals surface area contributed by atoms with E-state index in [2.05, 4.69) is 14.7 Å². The quantitative estimate of drug-likeness (QED) is 0.272. The molecule has 10 heteroatoms. The monoisotopic (exact) mass is 470 g/mol. The van der Waals surface area contributed by atoms with Gasteiger partial charge in [-0.05, 0) is 30.7 Å². The van der Waals surface area contributed by atoms with Gasteiger partial charge in [-0.15, -0.1) is 0 Å². The number of benzene rings is 2. The van der Waals surface area contributed by atoms with Gasteiger partial charge in [0, 0.05) is 40.2 Å². The highest BCUT2D eigenvalue weighted by Gasteiger charge is 2.26. The van der Waals surface area contributed by atoms with Crippen LogP contribution in [-0.4, -0.2) is 29.9 Å². The highest BCUT2D eigenvalue weighted by atomic mass is 32.2. The smallest absolute Gasteiger partial charge is 0.232 e. The molecule has 0 saturated carbocycles. The maximum atomic E-state index is 15.1. The van der Waals surface area contributed by atoms with Gasteiger partial charge in [-0.1, -0.05) is 25.1 Å². The van der Waals surface area contributed by atoms with Crippen LogP contribution in [0.4, 0.5) is 20.2 Å². The van der Waals surface area contributed by atoms with Crippen molar-refractivity contribution in [3.05, 3.63) is 77.6 Å². The topological polar surface area (TPSA) is 118 Å². The van der Waals surface area contributed by atoms with E-state index in [0.29, 0.717) is 34.3 Å². The zero-order valence-corrected chi connectivity index (χ0v) is 18.3. The number of aromatic nitrogens is 2. The minimum atomic E-state index is -3.84. The van der Waals surface area contributed by atoms with Crippen molar-refractivity contribution in [1.82, 2.24) is 9.97 Å². The number of carbonyl (C=O) groups is 1. The van der Waals surface area contributed by atoms with Gasteiger partial charge in [0.1, 0.15) is 11.5 Å². The zero-order valence-electron chi connectivity index (χ0n) is 17.5. The lowest BCUT2D eigenvalue weighted by Gasteiger charge is -2.11. The first-order valence-electron chi connectivity index (χ1n) is 10.1. The average Bonchev–Trinajstić information content (AvgIpc) is 3.19. The largest absolute Gasteiger partial charge is 0.398 e. The van der Waals surface area contributed by atoms with Crippen LogP contribution in [0.2, 0.25) is 0 Å². The predicted octanol–water partition coefficient (Wildman–Crippen LogP) is 4.47. The molecule has 2 heterocycles. The third kappa shape index (κ3) is 4.29. The molecule has 0 aliphatic heterocycles. The van der Waals surface area contributed by atoms with Crippen LogP contribution in [0.5, 0.6) is 0 Å². The summed E-state index contributed by atoms with van der Waals surface area (Å²) in [6.45, 7) is 1.65. The molecule has 7 nitrogen and oxygen atoms in total. The van der Waals surface area contributed by atoms with Gasteiger partial charge in [-0.25, -0.2) is 22.2 Å². The lowest BCUT2D eigenvalue weighted by atomic mass is 9.99. The number of nitrogens with two attached hydrogens (primary N) is 1. The number of hydrogen-bond donors (Lipinski definition) is 3. The van der Waals surface area contributed by atoms with Crippen LogP contribution in [0.3, 0.4) is 0 Å². The standard InChI is InChI=1S/C23H20F2N4O3S/c1-2-9-33(31,32)29-19-8-7-17(24)20(21(19)25)22(30)16-12-28-23-15(16)10-13(11-27-23)14-5-3-4-6-18(14)26/h3-8,10-12,29H,2,9,26H2,1H3,(H,27,28). The number of hydrogen-bond acceptors (Lipinski definition) is 5. The Hall–Kier alpha value is -3.79. The highest BCUT2D eigenvalue weighted by Crippen LogP contribution is 2.31. The van der Waals surface area contributed by atoms with Gasteiger partial charge in [0.2, 0.25) is 15.8 Å². The number of H-pyrrole nitrogens is 1. The highest BCUT2D eigenvalue weighted by molar-refractivity contribution is 7.92. The van der Waals surface area contributed by atoms with E-state index in [1.807, 2.05) is 0 Å². The first-order chi connectivity index (χ1) is 15.7. The number of carbonyl (C=O) groups excluding carboxylic acids is 1. The number of nitrogens with one attached hydrogen (secondary N) is 2. The fourth-order valence-electron chi connectivity index (χ4n) is 3.56. The molecule has 2 aromatic heterocycles. The number of aromatic amines is 1. The molecule has 0 bridgehead atoms. The van der Waals surface area contributed by atoms with Gasteiger partial charge < -0.3 is 10.7 Å². The lowest BCUT2D eigenvalue weighted by molar-refractivity contribution is 0.103. The molecule has 4 rings (SSSR count). The number of nitrogen functional groups attached to an aromatic ring is 1. The maximum Gasteiger partial charge on any atom is 0.232 e. The minimum Gasteiger partial charge on any atom is -0.398 e. The fraction of sp³-hybridized carbons (Fsp3) is 0.130. The van der Waals surface area contributed by atoms with Crippen molar-refractivity contribution in [3.63, 3.8) is 0 Å². The third-order valence-corrected chi connectivity index (χ3v) is 6.58. The summed E-state index contributed by atoms with van der Waals surface area (Å²) in [5.74, 6) is -3.59. The van der Waals surface area contributed by atoms with E-state index in [1.165, 1.54) is 6.20 Å². The fourth-order valence-corrected chi connectivity index (χ4v) is 4.69. The van der Waals surface area contributed by atoms with Crippen molar-refractivity contribution < 1.29 is 22.0 Å². The Morgan fingerprint density at radius 2 is 1.94 bits per heavy atom. The summed E-state index contributed by atoms with van der Waals surface area (Å²) in [5, 5.41) is 0.344. The molecule has 0 unspecified atom stereocenters. The van der Waals surface area contributed by atoms with Gasteiger partial charge in [-0.3, -0.25) is 9.52 Å². The molecule has 0 fully saturated rings. The normalized spacial score (nSPS) is 11.6. The van der Waals surface area contributed by atoms with E-state index in [9.17, 15) is 17.6 Å². The summed E-state index contributed by atoms with van der Waals surface area (Å²) in [5.41, 5.74) is 6.82. The number of halogens is 2. The summed E-state index contributed by atoms with van der Waals surface area (Å²) in [4.78, 5) is 20.3. The number of anilines is 2. The third-order valence-electron chi connectivity index (χ3n) is 5.10. The van der Waals surface area contributed by atoms with Crippen molar-refractivity contribution in [2.24, 2.45) is 0 Å². The second-order valence-electron chi connectivity index (χ2n) is 7.44. The van der Waals surface area contributed by atoms with Crippen molar-refractivity contribution >= 4 is 38.2 Å². The number of nitrogens with zero attached hydrogens (tertiary/aromatic N) is 1. The van der Waals surface area contributed by atoms with Crippen molar-refractivity contribution in [1.29, 1.82) is 0 Å². The Morgan fingerprint density at radius 3 is 2.67 bits per heavy atom. The van der Waals surface area contributed by atoms with E-state index < -0.39 is 38.7 Å². The molecule has 0 radical (unpaired) electrons. The first kappa shape index (κ1) is 22.4. The molecule has 4 N–H and O–H groups in total. The van der Waals surface area contributed by atoms with Gasteiger partial charge >= 0.3 is 0 Å². The SMILES string of the molecule is CCCS(=O)(=O)Nc1ccc(F)c(C(=O)c2c[nH]c3ncc(-c4ccccc4N)cc23)c1F. The molecule has 0 aliphatic carbocycles. The average molecular weight is 471 g/mol. The van der Waals surface area contributed by atoms with E-state index in [0.717, 1.165) is 12.1 Å². The number of fused-ring (bicyclic) bond motifs is 1. The summed E-state index contributed by atoms with van der Waals surface area (Å²) >= 11 is 0. The Kier molecular flexibility index (Phi) is 5.86. The molecular formula is C23H20F2N4O3S. The Morgan fingerprint density at radius 1 is 1.18 bits per heavy atom. The predicted molar refractivity (Wildman–Crippen MR) is 123 cm³/mol. The van der Waals surface area contributed by atoms with Crippen LogP contribution in [0.15, 0.2) is 54.9 Å². The van der Waals surface area contributed by atoms with Crippen LogP contribution >= 0.6 is 0 Å². The molecule has 0 spiro atoms. The maximum absolute atomic E-state index is 15.1. The van der Waals surface area contributed by atoms with Crippen molar-refractivity contribution in [2.75, 3.05) is 16.2 Å². The second kappa shape index (κ2) is 8.62. The molecule has 0 amide bonds. The van der Waals surface area contributed by atoms with Crippen molar-refractivity contribution in [2.45, 2.75) is 13.3 Å². The van der Waals surface area contributed by atoms with Crippen LogP contribution in [0.1, 0.15) is 29.3 Å². The second-order valence-corrected chi connectivity index (χ2v) is 9.29. The van der Waals surface area contributed by atoms with Gasteiger partial charge in [0.05, 0.1) is 17.0 Å². The van der Waals surface area contributed by atoms with Crippen LogP contribution in [-0.2, 0) is 10.0 Å². The summed E-state index contributed by atoms with van der Waals surface area (Å²) < 4.78 is 55.8. The number of rotatable bonds is 7. The number of sulfonamides is 1. The van der Waals surface area contributed by atoms with Crippen LogP contribution in [0, 0.1) is 11.6 Å². The molecular weight excluding hydrogens is 450 g/mol. The van der Waals surface area contributed by atoms with Gasteiger partial charge in [0.25, 0.3) is 0 Å². The summed E-state index contributed by atoms with van der Waals surface area (Å²) in [6, 6.07) is 10.5. The molecule has 0 aliphatic rings. The minimum absolute atomic E-state index is 0.0137. The Bertz CT molecular complexity index is 1480. The van der Waals surface area contributed by atoms with Gasteiger partial charge in [0.15, 0.2) is 5.82 Å². The van der Waals surface area contributed by atoms with Crippen LogP contribution in [0.25, 0.3) is 22.2 Å². The molecule has 33 heavy (non-hydrogen) atoms. The summed E-state index contributed by atoms with van der Waals surface area (Å²) in [6.07, 6.45) is 3.19. The van der Waals surface area contributed by atoms with Crippen LogP contribution < -0.4 is 10.5 Å². The number of ketones is 1. The summed E-state index contributed by atoms with van der Waals surface area (Å²) in [7, 11) is -3.84. The Balaban J connectivity index is 1.80. The Labute approximate surface area is 188 Å². The van der Waals surface area contributed by atoms with E-state index >= 15 is 4.39 Å². The molecule has 0 saturated heterocycles. The molecule has 0 atom stereocenters. The lowest BCUT2D eigenvalue weighted by Crippen LogP contribution is -2.18. The van der Waals surface area contributed by atoms with E-state index in [-0.39, 0.29) is 11.3 Å². The van der Waals surface area contributed by atoms with E-state index in [1.54, 1.807) is 43.5 Å². The first-order valence-corrected chi connectivity index (χ1v) is 11.7. The van der Waals surface area contributed by atoms with E-state index in [4.69, 9.17) is 5.73 Å². The zero-order chi connectivity index (χ0) is 23.8. The molecule has 2 aromatic carbocycles.